The van der Waals surface area contributed by atoms with Gasteiger partial charge in [0.1, 0.15) is 17.2 Å². The first kappa shape index (κ1) is 22.9. The highest BCUT2D eigenvalue weighted by atomic mass is 32.2. The van der Waals surface area contributed by atoms with Gasteiger partial charge in [-0.1, -0.05) is 0 Å². The Kier molecular flexibility index (Phi) is 7.75. The molecule has 0 bridgehead atoms. The molecule has 0 unspecified atom stereocenters. The van der Waals surface area contributed by atoms with Crippen LogP contribution in [0.3, 0.4) is 0 Å². The molecule has 1 N–H and O–H groups in total. The third kappa shape index (κ3) is 6.35. The number of hydrogen-bond acceptors (Lipinski definition) is 6. The van der Waals surface area contributed by atoms with Gasteiger partial charge in [-0.3, -0.25) is 4.79 Å². The Balaban J connectivity index is 1.45. The van der Waals surface area contributed by atoms with Crippen LogP contribution in [0, 0.1) is 0 Å². The third-order valence-electron chi connectivity index (χ3n) is 5.04. The maximum absolute atomic E-state index is 12.6. The molecule has 1 amide bonds. The summed E-state index contributed by atoms with van der Waals surface area (Å²) in [6.07, 6.45) is 1.09. The van der Waals surface area contributed by atoms with Crippen LogP contribution in [-0.4, -0.2) is 58.7 Å². The number of ether oxygens (including phenoxy) is 3. The maximum Gasteiger partial charge on any atom is 0.260 e. The van der Waals surface area contributed by atoms with Crippen LogP contribution in [0.2, 0.25) is 0 Å². The zero-order valence-electron chi connectivity index (χ0n) is 17.7. The number of rotatable bonds is 9. The Morgan fingerprint density at radius 3 is 2.06 bits per heavy atom. The van der Waals surface area contributed by atoms with Crippen LogP contribution in [0.4, 0.5) is 0 Å². The lowest BCUT2D eigenvalue weighted by Gasteiger charge is -2.32. The highest BCUT2D eigenvalue weighted by Crippen LogP contribution is 2.20. The number of hydrogen-bond donors (Lipinski definition) is 1. The zero-order chi connectivity index (χ0) is 22.3. The van der Waals surface area contributed by atoms with Gasteiger partial charge in [0.2, 0.25) is 10.0 Å². The number of amides is 1. The van der Waals surface area contributed by atoms with Crippen molar-refractivity contribution in [3.05, 3.63) is 48.5 Å². The number of likely N-dealkylation sites (tertiary alicyclic amines) is 1. The summed E-state index contributed by atoms with van der Waals surface area (Å²) < 4.78 is 43.9. The first-order valence-electron chi connectivity index (χ1n) is 10.2. The largest absolute Gasteiger partial charge is 0.497 e. The minimum atomic E-state index is -3.62. The normalized spacial score (nSPS) is 14.8. The van der Waals surface area contributed by atoms with Crippen LogP contribution in [0.25, 0.3) is 0 Å². The van der Waals surface area contributed by atoms with Gasteiger partial charge in [-0.05, 0) is 68.3 Å². The Hall–Kier alpha value is -2.78. The Morgan fingerprint density at radius 1 is 0.968 bits per heavy atom. The minimum Gasteiger partial charge on any atom is -0.497 e. The number of nitrogens with zero attached hydrogens (tertiary/aromatic N) is 1. The summed E-state index contributed by atoms with van der Waals surface area (Å²) in [7, 11) is -2.09. The molecule has 1 aliphatic heterocycles. The SMILES string of the molecule is CCOc1ccc(OCC(=O)N2CCC(NS(=O)(=O)c3ccc(OC)cc3)CC2)cc1. The summed E-state index contributed by atoms with van der Waals surface area (Å²) in [5, 5.41) is 0. The van der Waals surface area contributed by atoms with Crippen molar-refractivity contribution in [3.63, 3.8) is 0 Å². The molecule has 168 valence electrons. The molecule has 1 aliphatic rings. The van der Waals surface area contributed by atoms with Gasteiger partial charge >= 0.3 is 0 Å². The average Bonchev–Trinajstić information content (AvgIpc) is 2.79. The molecule has 9 heteroatoms. The smallest absolute Gasteiger partial charge is 0.260 e. The van der Waals surface area contributed by atoms with Gasteiger partial charge in [0.05, 0.1) is 18.6 Å². The van der Waals surface area contributed by atoms with Gasteiger partial charge in [-0.25, -0.2) is 13.1 Å². The second kappa shape index (κ2) is 10.5. The van der Waals surface area contributed by atoms with Crippen LogP contribution < -0.4 is 18.9 Å². The summed E-state index contributed by atoms with van der Waals surface area (Å²) in [5.41, 5.74) is 0. The molecular formula is C22H28N2O6S. The van der Waals surface area contributed by atoms with E-state index in [0.29, 0.717) is 44.0 Å². The van der Waals surface area contributed by atoms with Crippen LogP contribution in [0.1, 0.15) is 19.8 Å². The summed E-state index contributed by atoms with van der Waals surface area (Å²) >= 11 is 0. The van der Waals surface area contributed by atoms with Crippen LogP contribution in [0.15, 0.2) is 53.4 Å². The lowest BCUT2D eigenvalue weighted by Crippen LogP contribution is -2.47. The van der Waals surface area contributed by atoms with Crippen LogP contribution >= 0.6 is 0 Å². The fourth-order valence-electron chi connectivity index (χ4n) is 3.32. The fraction of sp³-hybridized carbons (Fsp3) is 0.409. The summed E-state index contributed by atoms with van der Waals surface area (Å²) in [6.45, 7) is 3.39. The molecule has 1 fully saturated rings. The lowest BCUT2D eigenvalue weighted by atomic mass is 10.1. The molecule has 3 rings (SSSR count). The minimum absolute atomic E-state index is 0.0593. The molecule has 0 radical (unpaired) electrons. The van der Waals surface area contributed by atoms with Crippen LogP contribution in [0.5, 0.6) is 17.2 Å². The quantitative estimate of drug-likeness (QED) is 0.633. The maximum atomic E-state index is 12.6. The molecule has 8 nitrogen and oxygen atoms in total. The van der Waals surface area contributed by atoms with Crippen molar-refractivity contribution in [3.8, 4) is 17.2 Å². The summed E-state index contributed by atoms with van der Waals surface area (Å²) in [6, 6.07) is 13.1. The van der Waals surface area contributed by atoms with Crippen molar-refractivity contribution in [2.75, 3.05) is 33.4 Å². The van der Waals surface area contributed by atoms with Gasteiger partial charge in [-0.15, -0.1) is 0 Å². The Morgan fingerprint density at radius 2 is 1.52 bits per heavy atom. The van der Waals surface area contributed by atoms with E-state index >= 15 is 0 Å². The first-order valence-corrected chi connectivity index (χ1v) is 11.7. The van der Waals surface area contributed by atoms with E-state index in [0.717, 1.165) is 5.75 Å². The second-order valence-corrected chi connectivity index (χ2v) is 8.86. The standard InChI is InChI=1S/C22H28N2O6S/c1-3-29-19-4-6-20(7-5-19)30-16-22(25)24-14-12-17(13-15-24)23-31(26,27)21-10-8-18(28-2)9-11-21/h4-11,17,23H,3,12-16H2,1-2H3. The fourth-order valence-corrected chi connectivity index (χ4v) is 4.63. The monoisotopic (exact) mass is 448 g/mol. The molecule has 0 spiro atoms. The predicted octanol–water partition coefficient (Wildman–Crippen LogP) is 2.44. The third-order valence-corrected chi connectivity index (χ3v) is 6.57. The van der Waals surface area contributed by atoms with E-state index in [9.17, 15) is 13.2 Å². The van der Waals surface area contributed by atoms with Crippen molar-refractivity contribution in [2.45, 2.75) is 30.7 Å². The molecule has 0 aromatic heterocycles. The van der Waals surface area contributed by atoms with E-state index in [1.165, 1.54) is 19.2 Å². The molecular weight excluding hydrogens is 420 g/mol. The molecule has 2 aromatic carbocycles. The van der Waals surface area contributed by atoms with E-state index in [2.05, 4.69) is 4.72 Å². The van der Waals surface area contributed by atoms with E-state index in [4.69, 9.17) is 14.2 Å². The Labute approximate surface area is 183 Å². The first-order chi connectivity index (χ1) is 14.9. The van der Waals surface area contributed by atoms with Crippen molar-refractivity contribution < 1.29 is 27.4 Å². The predicted molar refractivity (Wildman–Crippen MR) is 116 cm³/mol. The zero-order valence-corrected chi connectivity index (χ0v) is 18.6. The second-order valence-electron chi connectivity index (χ2n) is 7.14. The van der Waals surface area contributed by atoms with E-state index in [1.807, 2.05) is 6.92 Å². The van der Waals surface area contributed by atoms with Gasteiger partial charge in [-0.2, -0.15) is 0 Å². The van der Waals surface area contributed by atoms with Gasteiger partial charge < -0.3 is 19.1 Å². The van der Waals surface area contributed by atoms with Crippen LogP contribution in [-0.2, 0) is 14.8 Å². The summed E-state index contributed by atoms with van der Waals surface area (Å²) in [5.74, 6) is 1.82. The number of benzene rings is 2. The molecule has 0 aliphatic carbocycles. The topological polar surface area (TPSA) is 94.2 Å². The lowest BCUT2D eigenvalue weighted by molar-refractivity contribution is -0.134. The highest BCUT2D eigenvalue weighted by Gasteiger charge is 2.27. The summed E-state index contributed by atoms with van der Waals surface area (Å²) in [4.78, 5) is 14.3. The van der Waals surface area contributed by atoms with Gasteiger partial charge in [0, 0.05) is 19.1 Å². The number of carbonyl (C=O) groups excluding carboxylic acids is 1. The Bertz CT molecular complexity index is 953. The highest BCUT2D eigenvalue weighted by molar-refractivity contribution is 7.89. The van der Waals surface area contributed by atoms with Gasteiger partial charge in [0.15, 0.2) is 6.61 Å². The molecule has 1 saturated heterocycles. The number of carbonyl (C=O) groups is 1. The van der Waals surface area contributed by atoms with Crippen molar-refractivity contribution in [1.82, 2.24) is 9.62 Å². The van der Waals surface area contributed by atoms with Crippen molar-refractivity contribution in [1.29, 1.82) is 0 Å². The van der Waals surface area contributed by atoms with Crippen molar-refractivity contribution in [2.24, 2.45) is 0 Å². The molecule has 0 atom stereocenters. The number of nitrogens with one attached hydrogen (secondary N) is 1. The number of sulfonamides is 1. The molecule has 1 heterocycles. The van der Waals surface area contributed by atoms with E-state index in [-0.39, 0.29) is 23.5 Å². The average molecular weight is 449 g/mol. The molecule has 2 aromatic rings. The van der Waals surface area contributed by atoms with E-state index < -0.39 is 10.0 Å². The number of methoxy groups -OCH3 is 1. The van der Waals surface area contributed by atoms with E-state index in [1.54, 1.807) is 41.3 Å². The molecule has 31 heavy (non-hydrogen) atoms. The molecule has 0 saturated carbocycles. The van der Waals surface area contributed by atoms with Crippen molar-refractivity contribution >= 4 is 15.9 Å². The number of piperidine rings is 1. The van der Waals surface area contributed by atoms with Gasteiger partial charge in [0.25, 0.3) is 5.91 Å².